The van der Waals surface area contributed by atoms with Crippen LogP contribution in [0.1, 0.15) is 32.1 Å². The zero-order chi connectivity index (χ0) is 18.2. The molecular weight excluding hydrogens is 368 g/mol. The molecule has 1 saturated carbocycles. The number of nitrogens with zero attached hydrogens (tertiary/aromatic N) is 1. The molecule has 1 N–H and O–H groups in total. The Labute approximate surface area is 163 Å². The molecule has 138 valence electrons. The first-order chi connectivity index (χ1) is 12.7. The second-order valence-electron chi connectivity index (χ2n) is 6.39. The average molecular weight is 391 g/mol. The van der Waals surface area contributed by atoms with Crippen molar-refractivity contribution in [3.8, 4) is 5.88 Å². The van der Waals surface area contributed by atoms with Crippen LogP contribution >= 0.6 is 23.4 Å². The predicted octanol–water partition coefficient (Wildman–Crippen LogP) is 4.72. The normalized spacial score (nSPS) is 19.7. The van der Waals surface area contributed by atoms with Gasteiger partial charge in [0.15, 0.2) is 0 Å². The molecule has 6 heteroatoms. The number of carbonyl (C=O) groups is 1. The third-order valence-corrected chi connectivity index (χ3v) is 5.61. The molecule has 1 heterocycles. The van der Waals surface area contributed by atoms with Crippen LogP contribution in [0.2, 0.25) is 5.02 Å². The van der Waals surface area contributed by atoms with Gasteiger partial charge in [0.25, 0.3) is 0 Å². The van der Waals surface area contributed by atoms with Crippen molar-refractivity contribution in [3.05, 3.63) is 53.7 Å². The van der Waals surface area contributed by atoms with Gasteiger partial charge in [0, 0.05) is 35.4 Å². The molecule has 1 aliphatic carbocycles. The first-order valence-corrected chi connectivity index (χ1v) is 10.3. The molecule has 1 fully saturated rings. The van der Waals surface area contributed by atoms with Crippen LogP contribution in [0.25, 0.3) is 0 Å². The molecule has 3 rings (SSSR count). The molecule has 0 spiro atoms. The summed E-state index contributed by atoms with van der Waals surface area (Å²) in [5.41, 5.74) is 0. The van der Waals surface area contributed by atoms with Crippen LogP contribution in [0, 0.1) is 0 Å². The number of carbonyl (C=O) groups excluding carboxylic acids is 1. The van der Waals surface area contributed by atoms with Gasteiger partial charge in [-0.05, 0) is 43.9 Å². The topological polar surface area (TPSA) is 51.2 Å². The van der Waals surface area contributed by atoms with Gasteiger partial charge in [-0.3, -0.25) is 4.79 Å². The summed E-state index contributed by atoms with van der Waals surface area (Å²) >= 11 is 7.55. The number of amides is 1. The highest BCUT2D eigenvalue weighted by Gasteiger charge is 2.23. The molecule has 26 heavy (non-hydrogen) atoms. The largest absolute Gasteiger partial charge is 0.474 e. The second kappa shape index (κ2) is 9.83. The molecule has 0 unspecified atom stereocenters. The quantitative estimate of drug-likeness (QED) is 0.695. The maximum absolute atomic E-state index is 12.1. The number of aromatic nitrogens is 1. The van der Waals surface area contributed by atoms with Crippen molar-refractivity contribution in [3.63, 3.8) is 0 Å². The predicted molar refractivity (Wildman–Crippen MR) is 106 cm³/mol. The maximum atomic E-state index is 12.1. The Bertz CT molecular complexity index is 689. The van der Waals surface area contributed by atoms with Crippen LogP contribution in [0.5, 0.6) is 5.88 Å². The van der Waals surface area contributed by atoms with E-state index in [9.17, 15) is 4.79 Å². The van der Waals surface area contributed by atoms with Gasteiger partial charge in [0.2, 0.25) is 11.8 Å². The van der Waals surface area contributed by atoms with Crippen LogP contribution in [0.15, 0.2) is 53.6 Å². The van der Waals surface area contributed by atoms with E-state index in [-0.39, 0.29) is 18.1 Å². The first-order valence-electron chi connectivity index (χ1n) is 8.94. The Kier molecular flexibility index (Phi) is 7.21. The highest BCUT2D eigenvalue weighted by atomic mass is 35.5. The lowest BCUT2D eigenvalue weighted by Crippen LogP contribution is -2.39. The summed E-state index contributed by atoms with van der Waals surface area (Å²) < 4.78 is 5.89. The minimum atomic E-state index is 0.136. The number of benzene rings is 1. The zero-order valence-electron chi connectivity index (χ0n) is 14.6. The third-order valence-electron chi connectivity index (χ3n) is 4.37. The highest BCUT2D eigenvalue weighted by molar-refractivity contribution is 7.99. The Balaban J connectivity index is 1.33. The summed E-state index contributed by atoms with van der Waals surface area (Å²) in [6.07, 6.45) is 6.03. The number of thioether (sulfide) groups is 1. The zero-order valence-corrected chi connectivity index (χ0v) is 16.1. The number of ether oxygens (including phenoxy) is 1. The van der Waals surface area contributed by atoms with E-state index in [4.69, 9.17) is 16.3 Å². The van der Waals surface area contributed by atoms with Gasteiger partial charge in [-0.2, -0.15) is 0 Å². The number of pyridine rings is 1. The monoisotopic (exact) mass is 390 g/mol. The molecule has 0 saturated heterocycles. The Morgan fingerprint density at radius 2 is 1.92 bits per heavy atom. The van der Waals surface area contributed by atoms with E-state index in [1.807, 2.05) is 18.2 Å². The molecule has 4 nitrogen and oxygen atoms in total. The third kappa shape index (κ3) is 6.22. The summed E-state index contributed by atoms with van der Waals surface area (Å²) in [5, 5.41) is 3.76. The van der Waals surface area contributed by atoms with E-state index >= 15 is 0 Å². The van der Waals surface area contributed by atoms with Crippen LogP contribution in [-0.4, -0.2) is 28.8 Å². The van der Waals surface area contributed by atoms with E-state index in [1.165, 1.54) is 4.90 Å². The van der Waals surface area contributed by atoms with E-state index in [1.54, 1.807) is 30.1 Å². The van der Waals surface area contributed by atoms with Crippen molar-refractivity contribution in [1.82, 2.24) is 10.3 Å². The molecule has 1 amide bonds. The van der Waals surface area contributed by atoms with Gasteiger partial charge < -0.3 is 10.1 Å². The Morgan fingerprint density at radius 3 is 2.62 bits per heavy atom. The minimum Gasteiger partial charge on any atom is -0.474 e. The molecule has 1 aliphatic rings. The standard InChI is InChI=1S/C20H23ClN2O2S/c21-15-6-11-20(22-14-15)25-17-9-7-16(8-10-17)23-19(24)12-13-26-18-4-2-1-3-5-18/h1-6,11,14,16-17H,7-10,12-13H2,(H,23,24). The summed E-state index contributed by atoms with van der Waals surface area (Å²) in [7, 11) is 0. The highest BCUT2D eigenvalue weighted by Crippen LogP contribution is 2.24. The second-order valence-corrected chi connectivity index (χ2v) is 7.99. The average Bonchev–Trinajstić information content (AvgIpc) is 2.66. The molecule has 2 aromatic rings. The Morgan fingerprint density at radius 1 is 1.15 bits per heavy atom. The number of hydrogen-bond acceptors (Lipinski definition) is 4. The van der Waals surface area contributed by atoms with Crippen LogP contribution in [0.4, 0.5) is 0 Å². The first kappa shape index (κ1) is 19.1. The number of nitrogens with one attached hydrogen (secondary N) is 1. The fourth-order valence-electron chi connectivity index (χ4n) is 3.01. The summed E-state index contributed by atoms with van der Waals surface area (Å²) in [5.74, 6) is 1.55. The molecular formula is C20H23ClN2O2S. The minimum absolute atomic E-state index is 0.136. The molecule has 0 radical (unpaired) electrons. The summed E-state index contributed by atoms with van der Waals surface area (Å²) in [6, 6.07) is 14.0. The Hall–Kier alpha value is -1.72. The summed E-state index contributed by atoms with van der Waals surface area (Å²) in [4.78, 5) is 17.5. The van der Waals surface area contributed by atoms with E-state index in [0.717, 1.165) is 31.4 Å². The SMILES string of the molecule is O=C(CCSc1ccccc1)NC1CCC(Oc2ccc(Cl)cn2)CC1. The van der Waals surface area contributed by atoms with Gasteiger partial charge in [0.1, 0.15) is 6.10 Å². The lowest BCUT2D eigenvalue weighted by atomic mass is 9.93. The number of hydrogen-bond donors (Lipinski definition) is 1. The smallest absolute Gasteiger partial charge is 0.221 e. The van der Waals surface area contributed by atoms with Crippen molar-refractivity contribution >= 4 is 29.3 Å². The van der Waals surface area contributed by atoms with Crippen molar-refractivity contribution in [2.45, 2.75) is 49.1 Å². The lowest BCUT2D eigenvalue weighted by Gasteiger charge is -2.29. The number of rotatable bonds is 7. The molecule has 0 aliphatic heterocycles. The summed E-state index contributed by atoms with van der Waals surface area (Å²) in [6.45, 7) is 0. The van der Waals surface area contributed by atoms with Crippen LogP contribution in [0.3, 0.4) is 0 Å². The van der Waals surface area contributed by atoms with E-state index in [0.29, 0.717) is 17.3 Å². The molecule has 1 aromatic heterocycles. The fraction of sp³-hybridized carbons (Fsp3) is 0.400. The van der Waals surface area contributed by atoms with Crippen LogP contribution < -0.4 is 10.1 Å². The maximum Gasteiger partial charge on any atom is 0.221 e. The van der Waals surface area contributed by atoms with Crippen molar-refractivity contribution in [1.29, 1.82) is 0 Å². The van der Waals surface area contributed by atoms with E-state index < -0.39 is 0 Å². The lowest BCUT2D eigenvalue weighted by molar-refractivity contribution is -0.121. The van der Waals surface area contributed by atoms with Gasteiger partial charge in [-0.25, -0.2) is 4.98 Å². The fourth-order valence-corrected chi connectivity index (χ4v) is 3.99. The van der Waals surface area contributed by atoms with Gasteiger partial charge in [-0.1, -0.05) is 29.8 Å². The molecule has 0 atom stereocenters. The van der Waals surface area contributed by atoms with Gasteiger partial charge >= 0.3 is 0 Å². The molecule has 1 aromatic carbocycles. The van der Waals surface area contributed by atoms with Crippen molar-refractivity contribution in [2.75, 3.05) is 5.75 Å². The number of halogens is 1. The van der Waals surface area contributed by atoms with Gasteiger partial charge in [-0.15, -0.1) is 11.8 Å². The van der Waals surface area contributed by atoms with Crippen molar-refractivity contribution < 1.29 is 9.53 Å². The van der Waals surface area contributed by atoms with Crippen molar-refractivity contribution in [2.24, 2.45) is 0 Å². The van der Waals surface area contributed by atoms with Crippen LogP contribution in [-0.2, 0) is 4.79 Å². The van der Waals surface area contributed by atoms with E-state index in [2.05, 4.69) is 22.4 Å². The molecule has 0 bridgehead atoms. The van der Waals surface area contributed by atoms with Gasteiger partial charge in [0.05, 0.1) is 5.02 Å².